The summed E-state index contributed by atoms with van der Waals surface area (Å²) in [5.41, 5.74) is 0.715. The third-order valence-electron chi connectivity index (χ3n) is 4.20. The number of nitrogens with one attached hydrogen (secondary N) is 2. The average Bonchev–Trinajstić information content (AvgIpc) is 3.10. The van der Waals surface area contributed by atoms with Gasteiger partial charge in [-0.05, 0) is 18.6 Å². The molecule has 1 aliphatic rings. The van der Waals surface area contributed by atoms with Crippen molar-refractivity contribution in [3.05, 3.63) is 40.9 Å². The second kappa shape index (κ2) is 8.17. The molecular formula is C17H22N5O2S+. The molecule has 25 heavy (non-hydrogen) atoms. The number of quaternary nitrogens is 1. The van der Waals surface area contributed by atoms with Crippen molar-refractivity contribution in [3.63, 3.8) is 0 Å². The van der Waals surface area contributed by atoms with Crippen molar-refractivity contribution in [2.75, 3.05) is 38.0 Å². The first-order valence-electron chi connectivity index (χ1n) is 8.46. The van der Waals surface area contributed by atoms with Crippen LogP contribution < -0.4 is 10.2 Å². The summed E-state index contributed by atoms with van der Waals surface area (Å²) < 4.78 is 0. The molecule has 2 heterocycles. The first kappa shape index (κ1) is 17.5. The van der Waals surface area contributed by atoms with E-state index in [1.165, 1.54) is 16.2 Å². The van der Waals surface area contributed by atoms with Gasteiger partial charge in [0.1, 0.15) is 5.01 Å². The molecule has 1 aromatic carbocycles. The predicted octanol–water partition coefficient (Wildman–Crippen LogP) is 0.0799. The Kier molecular flexibility index (Phi) is 5.72. The van der Waals surface area contributed by atoms with Gasteiger partial charge in [-0.2, -0.15) is 0 Å². The third-order valence-corrected chi connectivity index (χ3v) is 5.19. The molecule has 1 aliphatic heterocycles. The van der Waals surface area contributed by atoms with Crippen molar-refractivity contribution in [2.45, 2.75) is 13.3 Å². The molecule has 1 saturated heterocycles. The molecule has 0 unspecified atom stereocenters. The third kappa shape index (κ3) is 4.61. The molecule has 2 N–H and O–H groups in total. The maximum absolute atomic E-state index is 12.4. The number of rotatable bonds is 5. The van der Waals surface area contributed by atoms with Gasteiger partial charge in [-0.15, -0.1) is 10.2 Å². The highest BCUT2D eigenvalue weighted by Gasteiger charge is 2.26. The topological polar surface area (TPSA) is 79.6 Å². The number of hydrogen-bond donors (Lipinski definition) is 2. The lowest BCUT2D eigenvalue weighted by Crippen LogP contribution is -3.15. The highest BCUT2D eigenvalue weighted by Crippen LogP contribution is 2.14. The number of piperazine rings is 1. The quantitative estimate of drug-likeness (QED) is 0.791. The maximum Gasteiger partial charge on any atom is 0.281 e. The summed E-state index contributed by atoms with van der Waals surface area (Å²) in [6.07, 6.45) is 0.816. The van der Waals surface area contributed by atoms with Crippen LogP contribution in [0.25, 0.3) is 0 Å². The molecule has 0 aliphatic carbocycles. The Hall–Kier alpha value is -2.32. The summed E-state index contributed by atoms with van der Waals surface area (Å²) in [6.45, 7) is 5.25. The summed E-state index contributed by atoms with van der Waals surface area (Å²) >= 11 is 1.41. The van der Waals surface area contributed by atoms with Crippen molar-refractivity contribution in [2.24, 2.45) is 0 Å². The second-order valence-electron chi connectivity index (χ2n) is 5.99. The highest BCUT2D eigenvalue weighted by molar-refractivity contribution is 7.15. The van der Waals surface area contributed by atoms with E-state index >= 15 is 0 Å². The molecule has 1 aromatic heterocycles. The van der Waals surface area contributed by atoms with Gasteiger partial charge in [-0.25, -0.2) is 0 Å². The van der Waals surface area contributed by atoms with E-state index in [1.807, 2.05) is 42.2 Å². The molecule has 132 valence electrons. The Labute approximate surface area is 150 Å². The van der Waals surface area contributed by atoms with Crippen LogP contribution in [0.4, 0.5) is 5.13 Å². The molecule has 0 atom stereocenters. The average molecular weight is 360 g/mol. The SMILES string of the molecule is CCc1nnc(NC(=O)C[NH+]2CCN(C(=O)c3ccccc3)CC2)s1. The zero-order valence-corrected chi connectivity index (χ0v) is 15.0. The van der Waals surface area contributed by atoms with Crippen LogP contribution in [0.2, 0.25) is 0 Å². The Morgan fingerprint density at radius 2 is 1.92 bits per heavy atom. The fourth-order valence-corrected chi connectivity index (χ4v) is 3.50. The summed E-state index contributed by atoms with van der Waals surface area (Å²) in [4.78, 5) is 27.6. The molecule has 2 aromatic rings. The Morgan fingerprint density at radius 3 is 2.56 bits per heavy atom. The number of aryl methyl sites for hydroxylation is 1. The van der Waals surface area contributed by atoms with Gasteiger partial charge in [0, 0.05) is 5.56 Å². The van der Waals surface area contributed by atoms with Gasteiger partial charge >= 0.3 is 0 Å². The Morgan fingerprint density at radius 1 is 1.20 bits per heavy atom. The zero-order valence-electron chi connectivity index (χ0n) is 14.2. The normalized spacial score (nSPS) is 15.2. The number of benzene rings is 1. The van der Waals surface area contributed by atoms with Gasteiger partial charge in [0.05, 0.1) is 26.2 Å². The molecule has 1 fully saturated rings. The molecule has 0 saturated carbocycles. The van der Waals surface area contributed by atoms with Gasteiger partial charge in [0.25, 0.3) is 11.8 Å². The van der Waals surface area contributed by atoms with Crippen molar-refractivity contribution in [3.8, 4) is 0 Å². The minimum absolute atomic E-state index is 0.0587. The fourth-order valence-electron chi connectivity index (χ4n) is 2.80. The van der Waals surface area contributed by atoms with Gasteiger partial charge in [0.2, 0.25) is 5.13 Å². The van der Waals surface area contributed by atoms with Gasteiger partial charge in [-0.1, -0.05) is 36.5 Å². The monoisotopic (exact) mass is 360 g/mol. The maximum atomic E-state index is 12.4. The number of amides is 2. The Bertz CT molecular complexity index is 726. The second-order valence-corrected chi connectivity index (χ2v) is 7.05. The number of anilines is 1. The van der Waals surface area contributed by atoms with Crippen molar-refractivity contribution in [1.82, 2.24) is 15.1 Å². The van der Waals surface area contributed by atoms with Crippen LogP contribution in [0.15, 0.2) is 30.3 Å². The van der Waals surface area contributed by atoms with Crippen molar-refractivity contribution in [1.29, 1.82) is 0 Å². The van der Waals surface area contributed by atoms with Crippen molar-refractivity contribution < 1.29 is 14.5 Å². The van der Waals surface area contributed by atoms with Crippen LogP contribution in [-0.2, 0) is 11.2 Å². The van der Waals surface area contributed by atoms with Crippen molar-refractivity contribution >= 4 is 28.3 Å². The number of carbonyl (C=O) groups is 2. The predicted molar refractivity (Wildman–Crippen MR) is 95.8 cm³/mol. The summed E-state index contributed by atoms with van der Waals surface area (Å²) in [5, 5.41) is 12.2. The van der Waals surface area contributed by atoms with E-state index in [9.17, 15) is 9.59 Å². The number of carbonyl (C=O) groups excluding carboxylic acids is 2. The van der Waals surface area contributed by atoms with E-state index in [0.717, 1.165) is 24.5 Å². The van der Waals surface area contributed by atoms with E-state index in [0.29, 0.717) is 30.3 Å². The number of hydrogen-bond acceptors (Lipinski definition) is 5. The summed E-state index contributed by atoms with van der Waals surface area (Å²) in [6, 6.07) is 9.31. The minimum Gasteiger partial charge on any atom is -0.327 e. The lowest BCUT2D eigenvalue weighted by molar-refractivity contribution is -0.895. The van der Waals surface area contributed by atoms with E-state index in [-0.39, 0.29) is 11.8 Å². The zero-order chi connectivity index (χ0) is 17.6. The first-order valence-corrected chi connectivity index (χ1v) is 9.27. The van der Waals surface area contributed by atoms with Gasteiger partial charge in [-0.3, -0.25) is 14.9 Å². The van der Waals surface area contributed by atoms with Crippen LogP contribution in [0.3, 0.4) is 0 Å². The molecule has 2 amide bonds. The highest BCUT2D eigenvalue weighted by atomic mass is 32.1. The van der Waals surface area contributed by atoms with Crippen LogP contribution in [0.5, 0.6) is 0 Å². The largest absolute Gasteiger partial charge is 0.327 e. The smallest absolute Gasteiger partial charge is 0.281 e. The molecule has 3 rings (SSSR count). The summed E-state index contributed by atoms with van der Waals surface area (Å²) in [7, 11) is 0. The molecule has 7 nitrogen and oxygen atoms in total. The number of nitrogens with zero attached hydrogens (tertiary/aromatic N) is 3. The van der Waals surface area contributed by atoms with Gasteiger partial charge in [0.15, 0.2) is 6.54 Å². The lowest BCUT2D eigenvalue weighted by atomic mass is 10.2. The molecule has 0 spiro atoms. The molecular weight excluding hydrogens is 338 g/mol. The van der Waals surface area contributed by atoms with E-state index in [1.54, 1.807) is 0 Å². The van der Waals surface area contributed by atoms with Crippen LogP contribution in [0.1, 0.15) is 22.3 Å². The van der Waals surface area contributed by atoms with E-state index in [2.05, 4.69) is 15.5 Å². The van der Waals surface area contributed by atoms with Crippen LogP contribution >= 0.6 is 11.3 Å². The summed E-state index contributed by atoms with van der Waals surface area (Å²) in [5.74, 6) is 0.00157. The minimum atomic E-state index is -0.0587. The Balaban J connectivity index is 1.46. The number of aromatic nitrogens is 2. The van der Waals surface area contributed by atoms with E-state index < -0.39 is 0 Å². The molecule has 0 radical (unpaired) electrons. The molecule has 0 bridgehead atoms. The lowest BCUT2D eigenvalue weighted by Gasteiger charge is -2.31. The molecule has 8 heteroatoms. The standard InChI is InChI=1S/C17H21N5O2S/c1-2-15-19-20-17(25-15)18-14(23)12-21-8-10-22(11-9-21)16(24)13-6-4-3-5-7-13/h3-7H,2,8-12H2,1H3,(H,18,20,23)/p+1. The fraction of sp³-hybridized carbons (Fsp3) is 0.412. The van der Waals surface area contributed by atoms with E-state index in [4.69, 9.17) is 0 Å². The van der Waals surface area contributed by atoms with Crippen LogP contribution in [0, 0.1) is 0 Å². The first-order chi connectivity index (χ1) is 12.2. The van der Waals surface area contributed by atoms with Gasteiger partial charge < -0.3 is 9.80 Å². The van der Waals surface area contributed by atoms with Crippen LogP contribution in [-0.4, -0.2) is 59.6 Å².